The minimum atomic E-state index is -3.87. The zero-order valence-corrected chi connectivity index (χ0v) is 15.2. The summed E-state index contributed by atoms with van der Waals surface area (Å²) < 4.78 is 57.6. The summed E-state index contributed by atoms with van der Waals surface area (Å²) in [5.41, 5.74) is 0.703. The number of hydrogen-bond acceptors (Lipinski definition) is 6. The zero-order valence-electron chi connectivity index (χ0n) is 13.6. The maximum Gasteiger partial charge on any atom is 0.419 e. The van der Waals surface area contributed by atoms with E-state index in [1.807, 2.05) is 0 Å². The Kier molecular flexibility index (Phi) is 3.64. The standard InChI is InChI=1S/C15H18N2O6S2/c1-16-13-5-4-12(8-14(13)23-15(16)18)25(21,22)17(10-2-3-10)11-6-7-24(19,20)9-11/h4-5,8,10-11H,2-3,6-7,9H2,1H3. The number of aryl methyl sites for hydroxylation is 1. The number of sulfonamides is 1. The molecule has 10 heteroatoms. The first-order chi connectivity index (χ1) is 11.7. The molecule has 1 atom stereocenters. The van der Waals surface area contributed by atoms with Crippen molar-refractivity contribution < 1.29 is 21.3 Å². The van der Waals surface area contributed by atoms with Gasteiger partial charge in [0.2, 0.25) is 10.0 Å². The second kappa shape index (κ2) is 5.42. The number of aromatic nitrogens is 1. The molecule has 1 unspecified atom stereocenters. The van der Waals surface area contributed by atoms with Gasteiger partial charge in [0.1, 0.15) is 0 Å². The van der Waals surface area contributed by atoms with Gasteiger partial charge in [-0.1, -0.05) is 0 Å². The van der Waals surface area contributed by atoms with Crippen molar-refractivity contribution in [3.05, 3.63) is 28.7 Å². The van der Waals surface area contributed by atoms with Crippen LogP contribution in [0.15, 0.2) is 32.3 Å². The Labute approximate surface area is 145 Å². The van der Waals surface area contributed by atoms with Gasteiger partial charge in [-0.15, -0.1) is 0 Å². The molecule has 2 aliphatic rings. The van der Waals surface area contributed by atoms with Crippen LogP contribution in [-0.2, 0) is 26.9 Å². The summed E-state index contributed by atoms with van der Waals surface area (Å²) in [6.45, 7) is 0. The van der Waals surface area contributed by atoms with Gasteiger partial charge in [0.25, 0.3) is 0 Å². The van der Waals surface area contributed by atoms with E-state index in [0.717, 1.165) is 12.8 Å². The van der Waals surface area contributed by atoms with Crippen LogP contribution in [-0.4, -0.2) is 49.3 Å². The number of hydrogen-bond donors (Lipinski definition) is 0. The topological polar surface area (TPSA) is 107 Å². The van der Waals surface area contributed by atoms with E-state index in [4.69, 9.17) is 4.42 Å². The quantitative estimate of drug-likeness (QED) is 0.756. The lowest BCUT2D eigenvalue weighted by Gasteiger charge is -2.27. The molecule has 0 N–H and O–H groups in total. The van der Waals surface area contributed by atoms with Crippen molar-refractivity contribution in [1.82, 2.24) is 8.87 Å². The first-order valence-corrected chi connectivity index (χ1v) is 11.3. The van der Waals surface area contributed by atoms with Crippen LogP contribution in [0.3, 0.4) is 0 Å². The normalized spacial score (nSPS) is 23.5. The third kappa shape index (κ3) is 2.81. The molecule has 1 aliphatic carbocycles. The average Bonchev–Trinajstić information content (AvgIpc) is 3.23. The smallest absolute Gasteiger partial charge is 0.408 e. The maximum atomic E-state index is 13.2. The van der Waals surface area contributed by atoms with E-state index in [2.05, 4.69) is 0 Å². The predicted octanol–water partition coefficient (Wildman–Crippen LogP) is 0.472. The van der Waals surface area contributed by atoms with Gasteiger partial charge >= 0.3 is 5.76 Å². The fourth-order valence-electron chi connectivity index (χ4n) is 3.39. The number of fused-ring (bicyclic) bond motifs is 1. The van der Waals surface area contributed by atoms with Crippen LogP contribution in [0.25, 0.3) is 11.1 Å². The molecule has 1 aromatic carbocycles. The first kappa shape index (κ1) is 16.8. The van der Waals surface area contributed by atoms with Crippen molar-refractivity contribution in [3.63, 3.8) is 0 Å². The lowest BCUT2D eigenvalue weighted by molar-refractivity contribution is 0.332. The molecule has 2 aromatic rings. The molecule has 8 nitrogen and oxygen atoms in total. The fraction of sp³-hybridized carbons (Fsp3) is 0.533. The number of oxazole rings is 1. The lowest BCUT2D eigenvalue weighted by atomic mass is 10.2. The number of rotatable bonds is 4. The van der Waals surface area contributed by atoms with E-state index >= 15 is 0 Å². The summed E-state index contributed by atoms with van der Waals surface area (Å²) in [6, 6.07) is 3.63. The largest absolute Gasteiger partial charge is 0.419 e. The molecule has 1 saturated carbocycles. The molecule has 0 spiro atoms. The molecule has 0 amide bonds. The molecule has 136 valence electrons. The third-order valence-electron chi connectivity index (χ3n) is 4.81. The zero-order chi connectivity index (χ0) is 18.0. The second-order valence-corrected chi connectivity index (χ2v) is 10.8. The van der Waals surface area contributed by atoms with Crippen LogP contribution in [0.1, 0.15) is 19.3 Å². The molecular weight excluding hydrogens is 368 g/mol. The van der Waals surface area contributed by atoms with Crippen LogP contribution in [0, 0.1) is 0 Å². The molecule has 2 fully saturated rings. The Hall–Kier alpha value is -1.65. The van der Waals surface area contributed by atoms with Gasteiger partial charge in [-0.3, -0.25) is 4.57 Å². The Bertz CT molecular complexity index is 1110. The average molecular weight is 386 g/mol. The molecule has 4 rings (SSSR count). The SMILES string of the molecule is Cn1c(=O)oc2cc(S(=O)(=O)N(C3CC3)C3CCS(=O)(=O)C3)ccc21. The predicted molar refractivity (Wildman–Crippen MR) is 90.6 cm³/mol. The third-order valence-corrected chi connectivity index (χ3v) is 8.57. The van der Waals surface area contributed by atoms with Gasteiger partial charge < -0.3 is 4.42 Å². The highest BCUT2D eigenvalue weighted by Gasteiger charge is 2.46. The van der Waals surface area contributed by atoms with E-state index in [1.165, 1.54) is 27.1 Å². The van der Waals surface area contributed by atoms with E-state index < -0.39 is 31.7 Å². The van der Waals surface area contributed by atoms with Crippen molar-refractivity contribution in [1.29, 1.82) is 0 Å². The molecule has 0 bridgehead atoms. The van der Waals surface area contributed by atoms with Crippen LogP contribution in [0.4, 0.5) is 0 Å². The molecule has 1 aromatic heterocycles. The van der Waals surface area contributed by atoms with E-state index in [1.54, 1.807) is 7.05 Å². The Morgan fingerprint density at radius 2 is 1.92 bits per heavy atom. The number of sulfone groups is 1. The highest BCUT2D eigenvalue weighted by molar-refractivity contribution is 7.92. The maximum absolute atomic E-state index is 13.2. The first-order valence-electron chi connectivity index (χ1n) is 8.02. The minimum absolute atomic E-state index is 0.0169. The Morgan fingerprint density at radius 3 is 2.52 bits per heavy atom. The summed E-state index contributed by atoms with van der Waals surface area (Å²) >= 11 is 0. The van der Waals surface area contributed by atoms with Crippen molar-refractivity contribution in [2.24, 2.45) is 7.05 Å². The summed E-state index contributed by atoms with van der Waals surface area (Å²) in [5.74, 6) is -0.681. The van der Waals surface area contributed by atoms with Crippen LogP contribution < -0.4 is 5.76 Å². The van der Waals surface area contributed by atoms with Gasteiger partial charge in [-0.25, -0.2) is 21.6 Å². The Balaban J connectivity index is 1.78. The van der Waals surface area contributed by atoms with Gasteiger partial charge in [0, 0.05) is 25.2 Å². The van der Waals surface area contributed by atoms with E-state index in [0.29, 0.717) is 11.9 Å². The minimum Gasteiger partial charge on any atom is -0.408 e. The van der Waals surface area contributed by atoms with Crippen LogP contribution in [0.5, 0.6) is 0 Å². The molecule has 1 aliphatic heterocycles. The van der Waals surface area contributed by atoms with Crippen molar-refractivity contribution in [2.75, 3.05) is 11.5 Å². The van der Waals surface area contributed by atoms with Gasteiger partial charge in [-0.2, -0.15) is 4.31 Å². The highest BCUT2D eigenvalue weighted by Crippen LogP contribution is 2.37. The van der Waals surface area contributed by atoms with Gasteiger partial charge in [0.05, 0.1) is 21.9 Å². The van der Waals surface area contributed by atoms with Gasteiger partial charge in [-0.05, 0) is 31.4 Å². The summed E-state index contributed by atoms with van der Waals surface area (Å²) in [4.78, 5) is 11.6. The Morgan fingerprint density at radius 1 is 1.20 bits per heavy atom. The van der Waals surface area contributed by atoms with E-state index in [9.17, 15) is 21.6 Å². The molecule has 0 radical (unpaired) electrons. The lowest BCUT2D eigenvalue weighted by Crippen LogP contribution is -2.42. The van der Waals surface area contributed by atoms with Gasteiger partial charge in [0.15, 0.2) is 15.4 Å². The molecule has 1 saturated heterocycles. The summed E-state index contributed by atoms with van der Waals surface area (Å²) in [6.07, 6.45) is 1.79. The van der Waals surface area contributed by atoms with Crippen molar-refractivity contribution >= 4 is 31.0 Å². The monoisotopic (exact) mass is 386 g/mol. The fourth-order valence-corrected chi connectivity index (χ4v) is 7.11. The molecule has 25 heavy (non-hydrogen) atoms. The number of nitrogens with zero attached hydrogens (tertiary/aromatic N) is 2. The summed E-state index contributed by atoms with van der Waals surface area (Å²) in [5, 5.41) is 0. The highest BCUT2D eigenvalue weighted by atomic mass is 32.2. The second-order valence-electron chi connectivity index (χ2n) is 6.68. The van der Waals surface area contributed by atoms with E-state index in [-0.39, 0.29) is 28.0 Å². The molecular formula is C15H18N2O6S2. The van der Waals surface area contributed by atoms with Crippen LogP contribution in [0.2, 0.25) is 0 Å². The van der Waals surface area contributed by atoms with Crippen LogP contribution >= 0.6 is 0 Å². The van der Waals surface area contributed by atoms with Crippen molar-refractivity contribution in [2.45, 2.75) is 36.2 Å². The molecule has 2 heterocycles. The van der Waals surface area contributed by atoms with Crippen molar-refractivity contribution in [3.8, 4) is 0 Å². The summed E-state index contributed by atoms with van der Waals surface area (Å²) in [7, 11) is -5.52. The number of benzene rings is 1.